The van der Waals surface area contributed by atoms with Gasteiger partial charge >= 0.3 is 0 Å². The lowest BCUT2D eigenvalue weighted by molar-refractivity contribution is -0.125. The zero-order valence-electron chi connectivity index (χ0n) is 18.9. The molecule has 172 valence electrons. The summed E-state index contributed by atoms with van der Waals surface area (Å²) in [5.41, 5.74) is 5.28. The molecule has 0 radical (unpaired) electrons. The molecule has 0 bridgehead atoms. The van der Waals surface area contributed by atoms with Crippen molar-refractivity contribution in [1.82, 2.24) is 9.62 Å². The number of hydrogen-bond acceptors (Lipinski definition) is 3. The predicted octanol–water partition coefficient (Wildman–Crippen LogP) is 4.81. The van der Waals surface area contributed by atoms with Gasteiger partial charge in [-0.25, -0.2) is 8.42 Å². The Morgan fingerprint density at radius 2 is 1.61 bits per heavy atom. The van der Waals surface area contributed by atoms with Gasteiger partial charge in [0.15, 0.2) is 0 Å². The first-order valence-electron chi connectivity index (χ1n) is 10.9. The van der Waals surface area contributed by atoms with E-state index in [9.17, 15) is 13.2 Å². The molecule has 5 nitrogen and oxygen atoms in total. The highest BCUT2D eigenvalue weighted by Gasteiger charge is 2.40. The molecule has 3 aromatic rings. The highest BCUT2D eigenvalue weighted by Crippen LogP contribution is 2.32. The molecule has 1 atom stereocenters. The number of aryl methyl sites for hydroxylation is 3. The largest absolute Gasteiger partial charge is 0.351 e. The monoisotopic (exact) mass is 526 g/mol. The van der Waals surface area contributed by atoms with Crippen molar-refractivity contribution >= 4 is 31.9 Å². The molecule has 3 aromatic carbocycles. The Bertz CT molecular complexity index is 1280. The number of carbonyl (C=O) groups excluding carboxylic acids is 1. The van der Waals surface area contributed by atoms with E-state index < -0.39 is 16.1 Å². The Morgan fingerprint density at radius 1 is 1.00 bits per heavy atom. The minimum absolute atomic E-state index is 0.168. The molecule has 7 heteroatoms. The van der Waals surface area contributed by atoms with E-state index in [2.05, 4.69) is 21.2 Å². The highest BCUT2D eigenvalue weighted by molar-refractivity contribution is 9.10. The third-order valence-electron chi connectivity index (χ3n) is 6.06. The van der Waals surface area contributed by atoms with Crippen molar-refractivity contribution in [2.75, 3.05) is 0 Å². The van der Waals surface area contributed by atoms with Gasteiger partial charge < -0.3 is 5.32 Å². The van der Waals surface area contributed by atoms with Crippen LogP contribution in [0.3, 0.4) is 0 Å². The lowest BCUT2D eigenvalue weighted by atomic mass is 9.95. The van der Waals surface area contributed by atoms with E-state index in [0.29, 0.717) is 24.1 Å². The molecule has 33 heavy (non-hydrogen) atoms. The standard InChI is InChI=1S/C26H27BrN2O3S/c1-17-12-18(2)25(19(3)13-17)33(31,32)29-16-22-7-5-4-6-21(22)14-24(29)26(30)28-15-20-8-10-23(27)11-9-20/h4-13,24H,14-16H2,1-3H3,(H,28,30). The SMILES string of the molecule is Cc1cc(C)c(S(=O)(=O)N2Cc3ccccc3CC2C(=O)NCc2ccc(Br)cc2)c(C)c1. The molecule has 0 aliphatic carbocycles. The maximum absolute atomic E-state index is 13.9. The molecule has 4 rings (SSSR count). The first kappa shape index (κ1) is 23.7. The Hall–Kier alpha value is -2.48. The van der Waals surface area contributed by atoms with E-state index in [1.807, 2.05) is 81.4 Å². The number of fused-ring (bicyclic) bond motifs is 1. The maximum Gasteiger partial charge on any atom is 0.244 e. The molecule has 0 saturated carbocycles. The summed E-state index contributed by atoms with van der Waals surface area (Å²) in [7, 11) is -3.90. The summed E-state index contributed by atoms with van der Waals surface area (Å²) in [5, 5.41) is 2.95. The van der Waals surface area contributed by atoms with Crippen molar-refractivity contribution in [2.45, 2.75) is 51.2 Å². The van der Waals surface area contributed by atoms with Gasteiger partial charge in [0.05, 0.1) is 4.90 Å². The average Bonchev–Trinajstić information content (AvgIpc) is 2.76. The first-order valence-corrected chi connectivity index (χ1v) is 13.1. The first-order chi connectivity index (χ1) is 15.7. The number of nitrogens with zero attached hydrogens (tertiary/aromatic N) is 1. The quantitative estimate of drug-likeness (QED) is 0.518. The van der Waals surface area contributed by atoms with Gasteiger partial charge in [0.2, 0.25) is 15.9 Å². The van der Waals surface area contributed by atoms with Crippen molar-refractivity contribution < 1.29 is 13.2 Å². The molecule has 1 amide bonds. The third kappa shape index (κ3) is 4.90. The number of sulfonamides is 1. The van der Waals surface area contributed by atoms with Crippen LogP contribution in [0.15, 0.2) is 70.0 Å². The molecule has 0 aromatic heterocycles. The summed E-state index contributed by atoms with van der Waals surface area (Å²) in [6.07, 6.45) is 0.339. The van der Waals surface area contributed by atoms with Crippen molar-refractivity contribution in [3.8, 4) is 0 Å². The lowest BCUT2D eigenvalue weighted by Gasteiger charge is -2.35. The van der Waals surface area contributed by atoms with E-state index >= 15 is 0 Å². The van der Waals surface area contributed by atoms with Crippen molar-refractivity contribution in [3.05, 3.63) is 98.5 Å². The molecule has 1 unspecified atom stereocenters. The molecule has 1 aliphatic heterocycles. The van der Waals surface area contributed by atoms with E-state index in [4.69, 9.17) is 0 Å². The van der Waals surface area contributed by atoms with E-state index in [-0.39, 0.29) is 17.3 Å². The van der Waals surface area contributed by atoms with E-state index in [0.717, 1.165) is 26.7 Å². The van der Waals surface area contributed by atoms with Gasteiger partial charge in [0.25, 0.3) is 0 Å². The van der Waals surface area contributed by atoms with Crippen LogP contribution in [0.2, 0.25) is 0 Å². The minimum atomic E-state index is -3.90. The molecule has 1 N–H and O–H groups in total. The normalized spacial score (nSPS) is 16.3. The van der Waals surface area contributed by atoms with Crippen LogP contribution in [-0.2, 0) is 34.3 Å². The zero-order chi connectivity index (χ0) is 23.8. The zero-order valence-corrected chi connectivity index (χ0v) is 21.3. The van der Waals surface area contributed by atoms with Crippen molar-refractivity contribution in [1.29, 1.82) is 0 Å². The molecule has 1 aliphatic rings. The van der Waals surface area contributed by atoms with Crippen LogP contribution in [0.25, 0.3) is 0 Å². The highest BCUT2D eigenvalue weighted by atomic mass is 79.9. The average molecular weight is 527 g/mol. The van der Waals surface area contributed by atoms with Gasteiger partial charge in [-0.3, -0.25) is 4.79 Å². The van der Waals surface area contributed by atoms with Gasteiger partial charge in [-0.1, -0.05) is 70.0 Å². The summed E-state index contributed by atoms with van der Waals surface area (Å²) >= 11 is 3.41. The van der Waals surface area contributed by atoms with Crippen molar-refractivity contribution in [2.24, 2.45) is 0 Å². The number of amides is 1. The fourth-order valence-corrected chi connectivity index (χ4v) is 6.82. The molecule has 0 fully saturated rings. The topological polar surface area (TPSA) is 66.5 Å². The van der Waals surface area contributed by atoms with Crippen LogP contribution >= 0.6 is 15.9 Å². The number of halogens is 1. The third-order valence-corrected chi connectivity index (χ3v) is 8.75. The fraction of sp³-hybridized carbons (Fsp3) is 0.269. The van der Waals surface area contributed by atoms with Crippen LogP contribution in [0.4, 0.5) is 0 Å². The van der Waals surface area contributed by atoms with E-state index in [1.165, 1.54) is 4.31 Å². The Labute approximate surface area is 204 Å². The second-order valence-corrected chi connectivity index (χ2v) is 11.4. The van der Waals surface area contributed by atoms with Gasteiger partial charge in [-0.15, -0.1) is 0 Å². The lowest BCUT2D eigenvalue weighted by Crippen LogP contribution is -2.52. The molecule has 0 saturated heterocycles. The Kier molecular flexibility index (Phi) is 6.75. The van der Waals surface area contributed by atoms with Crippen LogP contribution in [0.5, 0.6) is 0 Å². The van der Waals surface area contributed by atoms with Gasteiger partial charge in [-0.2, -0.15) is 4.31 Å². The predicted molar refractivity (Wildman–Crippen MR) is 133 cm³/mol. The van der Waals surface area contributed by atoms with Gasteiger partial charge in [0, 0.05) is 17.6 Å². The molecule has 1 heterocycles. The minimum Gasteiger partial charge on any atom is -0.351 e. The summed E-state index contributed by atoms with van der Waals surface area (Å²) in [6, 6.07) is 18.3. The smallest absolute Gasteiger partial charge is 0.244 e. The summed E-state index contributed by atoms with van der Waals surface area (Å²) < 4.78 is 30.2. The summed E-state index contributed by atoms with van der Waals surface area (Å²) in [4.78, 5) is 13.6. The Morgan fingerprint density at radius 3 is 2.24 bits per heavy atom. The fourth-order valence-electron chi connectivity index (χ4n) is 4.58. The van der Waals surface area contributed by atoms with Crippen LogP contribution in [0, 0.1) is 20.8 Å². The van der Waals surface area contributed by atoms with Crippen LogP contribution in [-0.4, -0.2) is 24.7 Å². The number of rotatable bonds is 5. The van der Waals surface area contributed by atoms with Gasteiger partial charge in [0.1, 0.15) is 6.04 Å². The second kappa shape index (κ2) is 9.41. The van der Waals surface area contributed by atoms with Crippen LogP contribution < -0.4 is 5.32 Å². The maximum atomic E-state index is 13.9. The Balaban J connectivity index is 1.69. The number of carbonyl (C=O) groups is 1. The van der Waals surface area contributed by atoms with Crippen LogP contribution in [0.1, 0.15) is 33.4 Å². The molecular formula is C26H27BrN2O3S. The second-order valence-electron chi connectivity index (χ2n) is 8.61. The summed E-state index contributed by atoms with van der Waals surface area (Å²) in [6.45, 7) is 6.08. The number of hydrogen-bond donors (Lipinski definition) is 1. The molecule has 0 spiro atoms. The number of benzene rings is 3. The molecular weight excluding hydrogens is 500 g/mol. The number of nitrogens with one attached hydrogen (secondary N) is 1. The van der Waals surface area contributed by atoms with E-state index in [1.54, 1.807) is 0 Å². The van der Waals surface area contributed by atoms with Crippen molar-refractivity contribution in [3.63, 3.8) is 0 Å². The van der Waals surface area contributed by atoms with Gasteiger partial charge in [-0.05, 0) is 67.1 Å². The summed E-state index contributed by atoms with van der Waals surface area (Å²) in [5.74, 6) is -0.293.